The van der Waals surface area contributed by atoms with Crippen LogP contribution in [-0.2, 0) is 11.2 Å². The molecule has 0 heterocycles. The topological polar surface area (TPSA) is 44.5 Å². The minimum Gasteiger partial charge on any atom is -0.491 e. The zero-order valence-corrected chi connectivity index (χ0v) is 13.8. The van der Waals surface area contributed by atoms with Gasteiger partial charge >= 0.3 is 0 Å². The van der Waals surface area contributed by atoms with E-state index < -0.39 is 0 Å². The van der Waals surface area contributed by atoms with Gasteiger partial charge in [0.15, 0.2) is 0 Å². The number of ether oxygens (including phenoxy) is 2. The predicted octanol–water partition coefficient (Wildman–Crippen LogP) is 3.88. The van der Waals surface area contributed by atoms with Crippen molar-refractivity contribution < 1.29 is 9.47 Å². The number of rotatable bonds is 12. The summed E-state index contributed by atoms with van der Waals surface area (Å²) in [5.41, 5.74) is 6.62. The van der Waals surface area contributed by atoms with Crippen molar-refractivity contribution in [1.82, 2.24) is 0 Å². The summed E-state index contributed by atoms with van der Waals surface area (Å²) in [6, 6.07) is 7.86. The Morgan fingerprint density at radius 1 is 1.00 bits per heavy atom. The molecular weight excluding hydrogens is 282 g/mol. The second kappa shape index (κ2) is 11.5. The Kier molecular flexibility index (Phi) is 9.83. The third kappa shape index (κ3) is 9.43. The van der Waals surface area contributed by atoms with Crippen LogP contribution in [0.3, 0.4) is 0 Å². The molecule has 1 aromatic rings. The standard InChI is InChI=1S/C17H27NO2S/c1-2-3-4-5-6-11-19-12-13-20-16-9-7-15(8-10-16)14-17(18)21/h7-10H,2-6,11-14H2,1H3,(H2,18,21). The van der Waals surface area contributed by atoms with Crippen molar-refractivity contribution in [3.8, 4) is 5.75 Å². The quantitative estimate of drug-likeness (QED) is 0.470. The van der Waals surface area contributed by atoms with Crippen LogP contribution in [-0.4, -0.2) is 24.8 Å². The molecule has 0 aliphatic heterocycles. The zero-order valence-electron chi connectivity index (χ0n) is 13.0. The van der Waals surface area contributed by atoms with E-state index in [2.05, 4.69) is 6.92 Å². The lowest BCUT2D eigenvalue weighted by Gasteiger charge is -2.08. The maximum Gasteiger partial charge on any atom is 0.119 e. The highest BCUT2D eigenvalue weighted by Gasteiger charge is 1.97. The molecule has 0 aromatic heterocycles. The van der Waals surface area contributed by atoms with Gasteiger partial charge in [0.25, 0.3) is 0 Å². The Labute approximate surface area is 133 Å². The first kappa shape index (κ1) is 17.9. The Morgan fingerprint density at radius 2 is 1.71 bits per heavy atom. The lowest BCUT2D eigenvalue weighted by Crippen LogP contribution is -2.11. The molecule has 0 bridgehead atoms. The molecular formula is C17H27NO2S. The molecule has 0 spiro atoms. The molecule has 0 saturated carbocycles. The summed E-state index contributed by atoms with van der Waals surface area (Å²) < 4.78 is 11.2. The second-order valence-electron chi connectivity index (χ2n) is 5.16. The molecule has 0 aliphatic rings. The smallest absolute Gasteiger partial charge is 0.119 e. The number of nitrogens with two attached hydrogens (primary N) is 1. The number of thiocarbonyl (C=S) groups is 1. The lowest BCUT2D eigenvalue weighted by atomic mass is 10.1. The fourth-order valence-corrected chi connectivity index (χ4v) is 2.20. The third-order valence-corrected chi connectivity index (χ3v) is 3.33. The van der Waals surface area contributed by atoms with Crippen molar-refractivity contribution in [3.63, 3.8) is 0 Å². The number of hydrogen-bond donors (Lipinski definition) is 1. The van der Waals surface area contributed by atoms with Crippen molar-refractivity contribution in [2.75, 3.05) is 19.8 Å². The SMILES string of the molecule is CCCCCCCOCCOc1ccc(CC(N)=S)cc1. The Morgan fingerprint density at radius 3 is 2.38 bits per heavy atom. The molecule has 118 valence electrons. The maximum atomic E-state index is 5.62. The Hall–Kier alpha value is -1.13. The van der Waals surface area contributed by atoms with Crippen LogP contribution in [0.4, 0.5) is 0 Å². The third-order valence-electron chi connectivity index (χ3n) is 3.19. The molecule has 0 saturated heterocycles. The van der Waals surface area contributed by atoms with Crippen LogP contribution in [0.15, 0.2) is 24.3 Å². The van der Waals surface area contributed by atoms with Crippen molar-refractivity contribution in [1.29, 1.82) is 0 Å². The first-order valence-corrected chi connectivity index (χ1v) is 8.21. The van der Waals surface area contributed by atoms with Crippen LogP contribution in [0.2, 0.25) is 0 Å². The molecule has 4 heteroatoms. The van der Waals surface area contributed by atoms with Gasteiger partial charge in [-0.3, -0.25) is 0 Å². The molecule has 0 atom stereocenters. The summed E-state index contributed by atoms with van der Waals surface area (Å²) in [6.45, 7) is 4.29. The van der Waals surface area contributed by atoms with E-state index in [4.69, 9.17) is 27.4 Å². The summed E-state index contributed by atoms with van der Waals surface area (Å²) in [5, 5.41) is 0. The molecule has 0 fully saturated rings. The van der Waals surface area contributed by atoms with E-state index >= 15 is 0 Å². The second-order valence-corrected chi connectivity index (χ2v) is 5.69. The van der Waals surface area contributed by atoms with Crippen molar-refractivity contribution >= 4 is 17.2 Å². The summed E-state index contributed by atoms with van der Waals surface area (Å²) in [7, 11) is 0. The highest BCUT2D eigenvalue weighted by molar-refractivity contribution is 7.80. The molecule has 1 rings (SSSR count). The molecule has 2 N–H and O–H groups in total. The van der Waals surface area contributed by atoms with Gasteiger partial charge < -0.3 is 15.2 Å². The van der Waals surface area contributed by atoms with Crippen LogP contribution in [0.25, 0.3) is 0 Å². The minimum atomic E-state index is 0.510. The Balaban J connectivity index is 2.03. The predicted molar refractivity (Wildman–Crippen MR) is 92.0 cm³/mol. The summed E-state index contributed by atoms with van der Waals surface area (Å²) in [5.74, 6) is 0.855. The summed E-state index contributed by atoms with van der Waals surface area (Å²) in [6.07, 6.45) is 6.97. The summed E-state index contributed by atoms with van der Waals surface area (Å²) in [4.78, 5) is 0.510. The first-order valence-electron chi connectivity index (χ1n) is 7.80. The van der Waals surface area contributed by atoms with Gasteiger partial charge in [-0.2, -0.15) is 0 Å². The monoisotopic (exact) mass is 309 g/mol. The van der Waals surface area contributed by atoms with Gasteiger partial charge in [0.1, 0.15) is 12.4 Å². The van der Waals surface area contributed by atoms with E-state index in [1.807, 2.05) is 24.3 Å². The Bertz CT molecular complexity index is 392. The van der Waals surface area contributed by atoms with Gasteiger partial charge in [-0.1, -0.05) is 57.0 Å². The number of benzene rings is 1. The van der Waals surface area contributed by atoms with Crippen molar-refractivity contribution in [3.05, 3.63) is 29.8 Å². The summed E-state index contributed by atoms with van der Waals surface area (Å²) >= 11 is 4.88. The number of unbranched alkanes of at least 4 members (excludes halogenated alkanes) is 4. The largest absolute Gasteiger partial charge is 0.491 e. The van der Waals surface area contributed by atoms with Crippen LogP contribution < -0.4 is 10.5 Å². The molecule has 21 heavy (non-hydrogen) atoms. The van der Waals surface area contributed by atoms with Crippen LogP contribution in [0.1, 0.15) is 44.6 Å². The van der Waals surface area contributed by atoms with E-state index in [0.717, 1.165) is 24.3 Å². The molecule has 0 radical (unpaired) electrons. The fraction of sp³-hybridized carbons (Fsp3) is 0.588. The van der Waals surface area contributed by atoms with E-state index in [1.165, 1.54) is 25.7 Å². The molecule has 0 unspecified atom stereocenters. The van der Waals surface area contributed by atoms with Gasteiger partial charge in [0.05, 0.1) is 11.6 Å². The van der Waals surface area contributed by atoms with E-state index in [-0.39, 0.29) is 0 Å². The molecule has 0 aliphatic carbocycles. The maximum absolute atomic E-state index is 5.62. The van der Waals surface area contributed by atoms with Crippen LogP contribution in [0.5, 0.6) is 5.75 Å². The number of hydrogen-bond acceptors (Lipinski definition) is 3. The van der Waals surface area contributed by atoms with Gasteiger partial charge in [-0.15, -0.1) is 0 Å². The fourth-order valence-electron chi connectivity index (χ4n) is 2.03. The van der Waals surface area contributed by atoms with Gasteiger partial charge in [0.2, 0.25) is 0 Å². The molecule has 3 nitrogen and oxygen atoms in total. The normalized spacial score (nSPS) is 10.5. The average Bonchev–Trinajstić information content (AvgIpc) is 2.47. The molecule has 1 aromatic carbocycles. The minimum absolute atomic E-state index is 0.510. The van der Waals surface area contributed by atoms with Gasteiger partial charge in [-0.05, 0) is 24.1 Å². The van der Waals surface area contributed by atoms with E-state index in [9.17, 15) is 0 Å². The highest BCUT2D eigenvalue weighted by atomic mass is 32.1. The lowest BCUT2D eigenvalue weighted by molar-refractivity contribution is 0.0971. The van der Waals surface area contributed by atoms with Crippen molar-refractivity contribution in [2.45, 2.75) is 45.4 Å². The van der Waals surface area contributed by atoms with Gasteiger partial charge in [-0.25, -0.2) is 0 Å². The van der Waals surface area contributed by atoms with E-state index in [1.54, 1.807) is 0 Å². The van der Waals surface area contributed by atoms with Gasteiger partial charge in [0, 0.05) is 13.0 Å². The molecule has 0 amide bonds. The average molecular weight is 309 g/mol. The van der Waals surface area contributed by atoms with Crippen LogP contribution >= 0.6 is 12.2 Å². The zero-order chi connectivity index (χ0) is 15.3. The highest BCUT2D eigenvalue weighted by Crippen LogP contribution is 2.12. The van der Waals surface area contributed by atoms with E-state index in [0.29, 0.717) is 24.6 Å². The van der Waals surface area contributed by atoms with Crippen LogP contribution in [0, 0.1) is 0 Å². The van der Waals surface area contributed by atoms with Crippen molar-refractivity contribution in [2.24, 2.45) is 5.73 Å². The first-order chi connectivity index (χ1) is 10.2.